The van der Waals surface area contributed by atoms with Crippen molar-refractivity contribution < 1.29 is 9.84 Å². The third-order valence-electron chi connectivity index (χ3n) is 3.48. The molecule has 2 nitrogen and oxygen atoms in total. The highest BCUT2D eigenvalue weighted by molar-refractivity contribution is 5.24. The summed E-state index contributed by atoms with van der Waals surface area (Å²) in [6, 6.07) is 8.39. The Kier molecular flexibility index (Phi) is 4.57. The summed E-state index contributed by atoms with van der Waals surface area (Å²) >= 11 is 0. The number of aliphatic hydroxyl groups excluding tert-OH is 1. The molecule has 2 unspecified atom stereocenters. The van der Waals surface area contributed by atoms with Gasteiger partial charge in [-0.1, -0.05) is 37.6 Å². The van der Waals surface area contributed by atoms with Gasteiger partial charge in [-0.3, -0.25) is 0 Å². The molecule has 1 fully saturated rings. The summed E-state index contributed by atoms with van der Waals surface area (Å²) < 4.78 is 5.33. The average Bonchev–Trinajstić information content (AvgIpc) is 2.83. The molecule has 94 valence electrons. The van der Waals surface area contributed by atoms with E-state index in [0.29, 0.717) is 5.92 Å². The highest BCUT2D eigenvalue weighted by Crippen LogP contribution is 2.26. The molecule has 0 bridgehead atoms. The van der Waals surface area contributed by atoms with Crippen molar-refractivity contribution in [3.8, 4) is 0 Å². The molecule has 2 heteroatoms. The normalized spacial score (nSPS) is 21.6. The Hall–Kier alpha value is -0.860. The fraction of sp³-hybridized carbons (Fsp3) is 0.600. The summed E-state index contributed by atoms with van der Waals surface area (Å²) in [6.45, 7) is 3.85. The van der Waals surface area contributed by atoms with Crippen LogP contribution in [-0.4, -0.2) is 18.3 Å². The topological polar surface area (TPSA) is 29.5 Å². The van der Waals surface area contributed by atoms with Crippen LogP contribution in [0, 0.1) is 5.92 Å². The number of aliphatic hydroxyl groups is 1. The largest absolute Gasteiger partial charge is 0.388 e. The molecule has 2 atom stereocenters. The maximum absolute atomic E-state index is 10.1. The molecule has 0 spiro atoms. The SMILES string of the molecule is CCCc1ccc(C(O)CC2CCOC2)cc1. The maximum atomic E-state index is 10.1. The summed E-state index contributed by atoms with van der Waals surface area (Å²) in [5.74, 6) is 0.528. The lowest BCUT2D eigenvalue weighted by atomic mass is 9.95. The Morgan fingerprint density at radius 3 is 2.71 bits per heavy atom. The summed E-state index contributed by atoms with van der Waals surface area (Å²) in [7, 11) is 0. The molecule has 1 aliphatic rings. The van der Waals surface area contributed by atoms with Crippen molar-refractivity contribution in [2.75, 3.05) is 13.2 Å². The van der Waals surface area contributed by atoms with Gasteiger partial charge in [-0.2, -0.15) is 0 Å². The quantitative estimate of drug-likeness (QED) is 0.848. The Morgan fingerprint density at radius 1 is 1.35 bits per heavy atom. The van der Waals surface area contributed by atoms with Gasteiger partial charge in [0.25, 0.3) is 0 Å². The van der Waals surface area contributed by atoms with Gasteiger partial charge in [0, 0.05) is 13.2 Å². The zero-order chi connectivity index (χ0) is 12.1. The number of hydrogen-bond acceptors (Lipinski definition) is 2. The van der Waals surface area contributed by atoms with E-state index in [1.807, 2.05) is 0 Å². The van der Waals surface area contributed by atoms with Crippen molar-refractivity contribution in [1.29, 1.82) is 0 Å². The van der Waals surface area contributed by atoms with E-state index in [9.17, 15) is 5.11 Å². The van der Waals surface area contributed by atoms with Gasteiger partial charge >= 0.3 is 0 Å². The second-order valence-corrected chi connectivity index (χ2v) is 4.97. The molecule has 1 heterocycles. The van der Waals surface area contributed by atoms with Crippen LogP contribution in [0.1, 0.15) is 43.4 Å². The van der Waals surface area contributed by atoms with Gasteiger partial charge in [-0.25, -0.2) is 0 Å². The van der Waals surface area contributed by atoms with Gasteiger partial charge < -0.3 is 9.84 Å². The number of benzene rings is 1. The fourth-order valence-corrected chi connectivity index (χ4v) is 2.42. The van der Waals surface area contributed by atoms with Crippen LogP contribution in [0.15, 0.2) is 24.3 Å². The molecular weight excluding hydrogens is 212 g/mol. The first kappa shape index (κ1) is 12.6. The van der Waals surface area contributed by atoms with Gasteiger partial charge in [0.05, 0.1) is 6.10 Å². The predicted molar refractivity (Wildman–Crippen MR) is 68.9 cm³/mol. The van der Waals surface area contributed by atoms with Crippen molar-refractivity contribution in [3.05, 3.63) is 35.4 Å². The molecule has 1 N–H and O–H groups in total. The van der Waals surface area contributed by atoms with E-state index in [2.05, 4.69) is 31.2 Å². The summed E-state index contributed by atoms with van der Waals surface area (Å²) in [5, 5.41) is 10.1. The van der Waals surface area contributed by atoms with Gasteiger partial charge in [0.15, 0.2) is 0 Å². The van der Waals surface area contributed by atoms with Gasteiger partial charge in [0.2, 0.25) is 0 Å². The van der Waals surface area contributed by atoms with Crippen LogP contribution in [-0.2, 0) is 11.2 Å². The third kappa shape index (κ3) is 3.55. The van der Waals surface area contributed by atoms with Crippen molar-refractivity contribution in [3.63, 3.8) is 0 Å². The third-order valence-corrected chi connectivity index (χ3v) is 3.48. The Bertz CT molecular complexity index is 325. The van der Waals surface area contributed by atoms with E-state index in [4.69, 9.17) is 4.74 Å². The highest BCUT2D eigenvalue weighted by atomic mass is 16.5. The lowest BCUT2D eigenvalue weighted by molar-refractivity contribution is 0.129. The molecule has 0 aromatic heterocycles. The predicted octanol–water partition coefficient (Wildman–Crippen LogP) is 3.10. The Labute approximate surface area is 104 Å². The van der Waals surface area contributed by atoms with E-state index in [-0.39, 0.29) is 6.10 Å². The van der Waals surface area contributed by atoms with Gasteiger partial charge in [0.1, 0.15) is 0 Å². The zero-order valence-corrected chi connectivity index (χ0v) is 10.6. The van der Waals surface area contributed by atoms with E-state index in [1.165, 1.54) is 12.0 Å². The van der Waals surface area contributed by atoms with Crippen molar-refractivity contribution in [2.24, 2.45) is 5.92 Å². The maximum Gasteiger partial charge on any atom is 0.0793 e. The van der Waals surface area contributed by atoms with Crippen LogP contribution in [0.4, 0.5) is 0 Å². The van der Waals surface area contributed by atoms with E-state index in [1.54, 1.807) is 0 Å². The zero-order valence-electron chi connectivity index (χ0n) is 10.6. The second kappa shape index (κ2) is 6.18. The standard InChI is InChI=1S/C15H22O2/c1-2-3-12-4-6-14(7-5-12)15(16)10-13-8-9-17-11-13/h4-7,13,15-16H,2-3,8-11H2,1H3. The number of aryl methyl sites for hydroxylation is 1. The van der Waals surface area contributed by atoms with Gasteiger partial charge in [-0.15, -0.1) is 0 Å². The van der Waals surface area contributed by atoms with Crippen molar-refractivity contribution >= 4 is 0 Å². The Balaban J connectivity index is 1.91. The molecule has 1 aromatic carbocycles. The molecule has 2 rings (SSSR count). The summed E-state index contributed by atoms with van der Waals surface area (Å²) in [5.41, 5.74) is 2.39. The lowest BCUT2D eigenvalue weighted by Gasteiger charge is -2.15. The first-order valence-electron chi connectivity index (χ1n) is 6.64. The van der Waals surface area contributed by atoms with Crippen LogP contribution >= 0.6 is 0 Å². The second-order valence-electron chi connectivity index (χ2n) is 4.97. The van der Waals surface area contributed by atoms with Gasteiger partial charge in [-0.05, 0) is 36.3 Å². The molecule has 1 aromatic rings. The molecule has 1 aliphatic heterocycles. The van der Waals surface area contributed by atoms with Crippen molar-refractivity contribution in [2.45, 2.75) is 38.7 Å². The molecular formula is C15H22O2. The van der Waals surface area contributed by atoms with E-state index >= 15 is 0 Å². The molecule has 0 saturated carbocycles. The van der Waals surface area contributed by atoms with E-state index in [0.717, 1.165) is 38.0 Å². The molecule has 1 saturated heterocycles. The first-order valence-corrected chi connectivity index (χ1v) is 6.64. The average molecular weight is 234 g/mol. The number of rotatable bonds is 5. The smallest absolute Gasteiger partial charge is 0.0793 e. The molecule has 0 radical (unpaired) electrons. The number of hydrogen-bond donors (Lipinski definition) is 1. The fourth-order valence-electron chi connectivity index (χ4n) is 2.42. The van der Waals surface area contributed by atoms with Crippen molar-refractivity contribution in [1.82, 2.24) is 0 Å². The minimum absolute atomic E-state index is 0.336. The minimum Gasteiger partial charge on any atom is -0.388 e. The number of ether oxygens (including phenoxy) is 1. The minimum atomic E-state index is -0.336. The van der Waals surface area contributed by atoms with Crippen LogP contribution in [0.3, 0.4) is 0 Å². The highest BCUT2D eigenvalue weighted by Gasteiger charge is 2.20. The first-order chi connectivity index (χ1) is 8.29. The van der Waals surface area contributed by atoms with Crippen LogP contribution in [0.25, 0.3) is 0 Å². The monoisotopic (exact) mass is 234 g/mol. The molecule has 0 aliphatic carbocycles. The lowest BCUT2D eigenvalue weighted by Crippen LogP contribution is -2.07. The van der Waals surface area contributed by atoms with E-state index < -0.39 is 0 Å². The Morgan fingerprint density at radius 2 is 2.12 bits per heavy atom. The molecule has 17 heavy (non-hydrogen) atoms. The van der Waals surface area contributed by atoms with Crippen LogP contribution in [0.2, 0.25) is 0 Å². The van der Waals surface area contributed by atoms with Crippen LogP contribution < -0.4 is 0 Å². The summed E-state index contributed by atoms with van der Waals surface area (Å²) in [4.78, 5) is 0. The molecule has 0 amide bonds. The summed E-state index contributed by atoms with van der Waals surface area (Å²) in [6.07, 6.45) is 3.86. The van der Waals surface area contributed by atoms with Crippen LogP contribution in [0.5, 0.6) is 0 Å².